The first kappa shape index (κ1) is 41.8. The van der Waals surface area contributed by atoms with Crippen molar-refractivity contribution in [3.05, 3.63) is 88.2 Å². The van der Waals surface area contributed by atoms with Gasteiger partial charge in [-0.25, -0.2) is 4.98 Å². The van der Waals surface area contributed by atoms with E-state index in [1.54, 1.807) is 0 Å². The summed E-state index contributed by atoms with van der Waals surface area (Å²) in [6.07, 6.45) is 26.6. The zero-order valence-corrected chi connectivity index (χ0v) is 33.6. The summed E-state index contributed by atoms with van der Waals surface area (Å²) >= 11 is 0. The maximum Gasteiger partial charge on any atom is 2.00 e. The van der Waals surface area contributed by atoms with Gasteiger partial charge in [-0.3, -0.25) is 9.98 Å². The molecule has 1 radical (unpaired) electrons. The number of halogens is 2. The van der Waals surface area contributed by atoms with E-state index in [0.29, 0.717) is 23.7 Å². The van der Waals surface area contributed by atoms with Crippen LogP contribution in [0, 0.1) is 0 Å². The van der Waals surface area contributed by atoms with Gasteiger partial charge in [0.15, 0.2) is 0 Å². The van der Waals surface area contributed by atoms with Crippen LogP contribution in [0.15, 0.2) is 64.6 Å². The van der Waals surface area contributed by atoms with Gasteiger partial charge in [0.25, 0.3) is 0 Å². The molecule has 51 heavy (non-hydrogen) atoms. The number of rotatable bonds is 8. The third kappa shape index (κ3) is 10.2. The van der Waals surface area contributed by atoms with Gasteiger partial charge in [0.05, 0.1) is 34.2 Å². The summed E-state index contributed by atoms with van der Waals surface area (Å²) in [5, 5.41) is 0. The second kappa shape index (κ2) is 20.5. The van der Waals surface area contributed by atoms with Gasteiger partial charge in [-0.2, -0.15) is 0 Å². The molecule has 7 rings (SSSR count). The number of aromatic nitrogens is 1. The van der Waals surface area contributed by atoms with E-state index in [-0.39, 0.29) is 41.6 Å². The molecular formula is C45H59Cl2CoN3. The molecule has 0 spiro atoms. The summed E-state index contributed by atoms with van der Waals surface area (Å²) in [7, 11) is 0. The van der Waals surface area contributed by atoms with Crippen LogP contribution in [0.25, 0.3) is 0 Å². The van der Waals surface area contributed by atoms with Crippen molar-refractivity contribution in [2.75, 3.05) is 0 Å². The summed E-state index contributed by atoms with van der Waals surface area (Å²) in [6, 6.07) is 20.7. The topological polar surface area (TPSA) is 37.6 Å². The van der Waals surface area contributed by atoms with Crippen LogP contribution in [0.2, 0.25) is 0 Å². The van der Waals surface area contributed by atoms with Crippen molar-refractivity contribution in [3.63, 3.8) is 0 Å². The number of benzene rings is 2. The van der Waals surface area contributed by atoms with Gasteiger partial charge >= 0.3 is 16.8 Å². The van der Waals surface area contributed by atoms with Crippen LogP contribution >= 0.6 is 0 Å². The third-order valence-electron chi connectivity index (χ3n) is 12.4. The second-order valence-corrected chi connectivity index (χ2v) is 15.7. The molecule has 0 N–H and O–H groups in total. The van der Waals surface area contributed by atoms with E-state index in [4.69, 9.17) is 15.0 Å². The normalized spacial score (nSPS) is 20.2. The van der Waals surface area contributed by atoms with E-state index in [2.05, 4.69) is 68.4 Å². The molecule has 277 valence electrons. The standard InChI is InChI=1S/C45H59N3.2ClH.Co/c1-32(46-44-38(34-18-7-3-8-19-34)26-15-27-39(44)35-20-9-4-10-21-35)42-30-17-31-43(48-42)33(2)47-45-40(36-22-11-5-12-23-36)28-16-29-41(45)37-24-13-6-14-25-37;;;/h15-17,26-31,34-37H,3-14,18-25H2,1-2H3;2*1H;/q;;;+2/p-2. The molecule has 2 aromatic carbocycles. The van der Waals surface area contributed by atoms with E-state index < -0.39 is 0 Å². The van der Waals surface area contributed by atoms with Crippen LogP contribution in [0.5, 0.6) is 0 Å². The second-order valence-electron chi connectivity index (χ2n) is 15.7. The molecular weight excluding hydrogens is 712 g/mol. The monoisotopic (exact) mass is 770 g/mol. The fourth-order valence-corrected chi connectivity index (χ4v) is 9.68. The number of pyridine rings is 1. The Balaban J connectivity index is 0.00000194. The van der Waals surface area contributed by atoms with Crippen LogP contribution in [-0.4, -0.2) is 16.4 Å². The third-order valence-corrected chi connectivity index (χ3v) is 12.4. The van der Waals surface area contributed by atoms with Crippen molar-refractivity contribution < 1.29 is 41.6 Å². The van der Waals surface area contributed by atoms with Gasteiger partial charge in [0.2, 0.25) is 0 Å². The molecule has 4 fully saturated rings. The van der Waals surface area contributed by atoms with Crippen LogP contribution in [0.1, 0.15) is 200 Å². The Labute approximate surface area is 331 Å². The molecule has 1 heterocycles. The van der Waals surface area contributed by atoms with E-state index >= 15 is 0 Å². The van der Waals surface area contributed by atoms with Crippen molar-refractivity contribution in [3.8, 4) is 0 Å². The summed E-state index contributed by atoms with van der Waals surface area (Å²) in [6.45, 7) is 4.36. The van der Waals surface area contributed by atoms with E-state index in [1.165, 1.54) is 162 Å². The minimum absolute atomic E-state index is 0. The molecule has 0 unspecified atom stereocenters. The first-order chi connectivity index (χ1) is 23.7. The van der Waals surface area contributed by atoms with Gasteiger partial charge in [-0.05, 0) is 123 Å². The Hall–Kier alpha value is -1.98. The summed E-state index contributed by atoms with van der Waals surface area (Å²) < 4.78 is 0. The Kier molecular flexibility index (Phi) is 16.8. The number of aliphatic imine (C=N–C) groups is 2. The quantitative estimate of drug-likeness (QED) is 0.218. The molecule has 4 aliphatic carbocycles. The van der Waals surface area contributed by atoms with Crippen molar-refractivity contribution >= 4 is 22.8 Å². The minimum atomic E-state index is 0. The van der Waals surface area contributed by atoms with Gasteiger partial charge < -0.3 is 24.8 Å². The molecule has 0 aliphatic heterocycles. The molecule has 3 nitrogen and oxygen atoms in total. The van der Waals surface area contributed by atoms with Gasteiger partial charge in [-0.1, -0.05) is 120 Å². The van der Waals surface area contributed by atoms with Crippen molar-refractivity contribution in [1.82, 2.24) is 4.98 Å². The number of para-hydroxylation sites is 2. The van der Waals surface area contributed by atoms with Gasteiger partial charge in [0, 0.05) is 0 Å². The van der Waals surface area contributed by atoms with Crippen LogP contribution in [0.3, 0.4) is 0 Å². The Morgan fingerprint density at radius 2 is 0.686 bits per heavy atom. The van der Waals surface area contributed by atoms with Crippen molar-refractivity contribution in [2.45, 2.75) is 166 Å². The molecule has 0 amide bonds. The average molecular weight is 772 g/mol. The fourth-order valence-electron chi connectivity index (χ4n) is 9.68. The average Bonchev–Trinajstić information content (AvgIpc) is 3.16. The van der Waals surface area contributed by atoms with E-state index in [9.17, 15) is 0 Å². The minimum Gasteiger partial charge on any atom is -1.00 e. The first-order valence-corrected chi connectivity index (χ1v) is 20.0. The molecule has 1 aromatic heterocycles. The smallest absolute Gasteiger partial charge is 1.00 e. The predicted octanol–water partition coefficient (Wildman–Crippen LogP) is 7.56. The zero-order chi connectivity index (χ0) is 32.7. The molecule has 0 atom stereocenters. The SMILES string of the molecule is CC(=Nc1c(C2CCCCC2)cccc1C1CCCCC1)c1cccc(C(C)=Nc2c(C3CCCCC3)cccc2C2CCCCC2)n1.[Cl-].[Cl-].[Co+2]. The Morgan fingerprint density at radius 1 is 0.431 bits per heavy atom. The van der Waals surface area contributed by atoms with E-state index in [0.717, 1.165) is 22.8 Å². The Bertz CT molecular complexity index is 1410. The number of hydrogen-bond donors (Lipinski definition) is 0. The number of nitrogens with zero attached hydrogens (tertiary/aromatic N) is 3. The van der Waals surface area contributed by atoms with Crippen molar-refractivity contribution in [2.24, 2.45) is 9.98 Å². The van der Waals surface area contributed by atoms with Gasteiger partial charge in [0.1, 0.15) is 0 Å². The van der Waals surface area contributed by atoms with Crippen LogP contribution in [-0.2, 0) is 16.8 Å². The van der Waals surface area contributed by atoms with E-state index in [1.807, 2.05) is 0 Å². The fraction of sp³-hybridized carbons (Fsp3) is 0.578. The largest absolute Gasteiger partial charge is 2.00 e. The van der Waals surface area contributed by atoms with Crippen LogP contribution < -0.4 is 24.8 Å². The molecule has 0 saturated heterocycles. The molecule has 4 saturated carbocycles. The molecule has 6 heteroatoms. The summed E-state index contributed by atoms with van der Waals surface area (Å²) in [5.41, 5.74) is 12.5. The first-order valence-electron chi connectivity index (χ1n) is 20.0. The molecule has 0 bridgehead atoms. The summed E-state index contributed by atoms with van der Waals surface area (Å²) in [4.78, 5) is 16.3. The maximum absolute atomic E-state index is 5.53. The van der Waals surface area contributed by atoms with Crippen molar-refractivity contribution in [1.29, 1.82) is 0 Å². The molecule has 4 aliphatic rings. The maximum atomic E-state index is 5.53. The predicted molar refractivity (Wildman–Crippen MR) is 204 cm³/mol. The molecule has 3 aromatic rings. The zero-order valence-electron chi connectivity index (χ0n) is 31.1. The summed E-state index contributed by atoms with van der Waals surface area (Å²) in [5.74, 6) is 2.52. The van der Waals surface area contributed by atoms with Crippen LogP contribution in [0.4, 0.5) is 11.4 Å². The van der Waals surface area contributed by atoms with Gasteiger partial charge in [-0.15, -0.1) is 0 Å². The Morgan fingerprint density at radius 3 is 0.961 bits per heavy atom. The number of hydrogen-bond acceptors (Lipinski definition) is 3.